The number of carbonyl (C=O) groups excluding carboxylic acids is 1. The molecule has 0 fully saturated rings. The van der Waals surface area contributed by atoms with E-state index in [1.807, 2.05) is 6.92 Å². The number of anilines is 1. The largest absolute Gasteiger partial charge is 0.492 e. The van der Waals surface area contributed by atoms with Crippen molar-refractivity contribution in [3.63, 3.8) is 0 Å². The summed E-state index contributed by atoms with van der Waals surface area (Å²) in [6.45, 7) is 6.62. The Balaban J connectivity index is 2.93. The van der Waals surface area contributed by atoms with Crippen LogP contribution in [0.5, 0.6) is 5.75 Å². The maximum Gasteiger partial charge on any atom is 0.240 e. The van der Waals surface area contributed by atoms with Gasteiger partial charge in [0, 0.05) is 6.54 Å². The van der Waals surface area contributed by atoms with Crippen molar-refractivity contribution in [1.82, 2.24) is 5.32 Å². The number of hydrogen-bond acceptors (Lipinski definition) is 4. The predicted octanol–water partition coefficient (Wildman–Crippen LogP) is 2.01. The van der Waals surface area contributed by atoms with Gasteiger partial charge in [-0.15, -0.1) is 0 Å². The second kappa shape index (κ2) is 8.76. The number of benzene rings is 1. The van der Waals surface area contributed by atoms with Crippen molar-refractivity contribution >= 4 is 21.6 Å². The molecule has 6 nitrogen and oxygen atoms in total. The Morgan fingerprint density at radius 3 is 2.52 bits per heavy atom. The number of rotatable bonds is 9. The fraction of sp³-hybridized carbons (Fsp3) is 0.562. The smallest absolute Gasteiger partial charge is 0.240 e. The highest BCUT2D eigenvalue weighted by Crippen LogP contribution is 2.29. The minimum Gasteiger partial charge on any atom is -0.492 e. The number of nitrogens with zero attached hydrogens (tertiary/aromatic N) is 1. The van der Waals surface area contributed by atoms with Crippen LogP contribution in [0.1, 0.15) is 27.2 Å². The van der Waals surface area contributed by atoms with Crippen LogP contribution in [0.4, 0.5) is 5.69 Å². The zero-order valence-electron chi connectivity index (χ0n) is 14.2. The fourth-order valence-corrected chi connectivity index (χ4v) is 2.87. The molecule has 0 bridgehead atoms. The first-order chi connectivity index (χ1) is 10.8. The molecule has 23 heavy (non-hydrogen) atoms. The van der Waals surface area contributed by atoms with E-state index in [4.69, 9.17) is 4.74 Å². The zero-order chi connectivity index (χ0) is 17.5. The lowest BCUT2D eigenvalue weighted by atomic mass is 10.1. The van der Waals surface area contributed by atoms with Gasteiger partial charge in [0.25, 0.3) is 0 Å². The summed E-state index contributed by atoms with van der Waals surface area (Å²) in [7, 11) is -3.60. The van der Waals surface area contributed by atoms with E-state index in [1.54, 1.807) is 24.3 Å². The van der Waals surface area contributed by atoms with Gasteiger partial charge in [-0.25, -0.2) is 8.42 Å². The van der Waals surface area contributed by atoms with Gasteiger partial charge in [0.05, 0.1) is 18.6 Å². The highest BCUT2D eigenvalue weighted by Gasteiger charge is 2.23. The van der Waals surface area contributed by atoms with Gasteiger partial charge in [-0.05, 0) is 31.4 Å². The number of sulfonamides is 1. The molecule has 1 amide bonds. The summed E-state index contributed by atoms with van der Waals surface area (Å²) >= 11 is 0. The Kier molecular flexibility index (Phi) is 7.35. The number of carbonyl (C=O) groups is 1. The van der Waals surface area contributed by atoms with Crippen LogP contribution in [0.2, 0.25) is 0 Å². The molecule has 0 spiro atoms. The molecule has 1 N–H and O–H groups in total. The van der Waals surface area contributed by atoms with Crippen LogP contribution in [0.3, 0.4) is 0 Å². The third kappa shape index (κ3) is 6.48. The Bertz CT molecular complexity index is 614. The summed E-state index contributed by atoms with van der Waals surface area (Å²) in [5.41, 5.74) is 0.371. The topological polar surface area (TPSA) is 75.7 Å². The van der Waals surface area contributed by atoms with Crippen LogP contribution < -0.4 is 14.4 Å². The maximum absolute atomic E-state index is 12.1. The highest BCUT2D eigenvalue weighted by atomic mass is 32.2. The Morgan fingerprint density at radius 2 is 1.96 bits per heavy atom. The van der Waals surface area contributed by atoms with Crippen molar-refractivity contribution in [2.75, 3.05) is 30.3 Å². The van der Waals surface area contributed by atoms with Gasteiger partial charge in [0.2, 0.25) is 15.9 Å². The molecule has 7 heteroatoms. The lowest BCUT2D eigenvalue weighted by Crippen LogP contribution is -2.41. The molecule has 130 valence electrons. The number of para-hydroxylation sites is 2. The molecule has 0 unspecified atom stereocenters. The summed E-state index contributed by atoms with van der Waals surface area (Å²) in [5, 5.41) is 2.75. The summed E-state index contributed by atoms with van der Waals surface area (Å²) in [6, 6.07) is 6.80. The van der Waals surface area contributed by atoms with Crippen LogP contribution in [0.15, 0.2) is 24.3 Å². The molecule has 1 aromatic carbocycles. The standard InChI is InChI=1S/C16H26N2O4S/c1-5-22-15-9-7-6-8-14(15)18(23(4,20)21)12-16(19)17-11-10-13(2)3/h6-9,13H,5,10-12H2,1-4H3,(H,17,19). The third-order valence-electron chi connectivity index (χ3n) is 3.17. The molecule has 1 aromatic rings. The minimum absolute atomic E-state index is 0.263. The van der Waals surface area contributed by atoms with E-state index >= 15 is 0 Å². The van der Waals surface area contributed by atoms with Crippen molar-refractivity contribution in [3.8, 4) is 5.75 Å². The van der Waals surface area contributed by atoms with E-state index in [0.29, 0.717) is 30.5 Å². The van der Waals surface area contributed by atoms with Gasteiger partial charge in [-0.1, -0.05) is 26.0 Å². The number of ether oxygens (including phenoxy) is 1. The van der Waals surface area contributed by atoms with Crippen molar-refractivity contribution in [2.24, 2.45) is 5.92 Å². The number of hydrogen-bond donors (Lipinski definition) is 1. The molecule has 0 aliphatic heterocycles. The first kappa shape index (κ1) is 19.3. The van der Waals surface area contributed by atoms with Crippen molar-refractivity contribution < 1.29 is 17.9 Å². The van der Waals surface area contributed by atoms with E-state index in [0.717, 1.165) is 17.0 Å². The molecule has 0 aliphatic rings. The van der Waals surface area contributed by atoms with E-state index in [2.05, 4.69) is 19.2 Å². The summed E-state index contributed by atoms with van der Waals surface area (Å²) in [5.74, 6) is 0.581. The monoisotopic (exact) mass is 342 g/mol. The molecule has 0 atom stereocenters. The van der Waals surface area contributed by atoms with Crippen LogP contribution in [0, 0.1) is 5.92 Å². The molecule has 0 saturated heterocycles. The van der Waals surface area contributed by atoms with Gasteiger partial charge in [0.15, 0.2) is 0 Å². The van der Waals surface area contributed by atoms with E-state index < -0.39 is 10.0 Å². The Morgan fingerprint density at radius 1 is 1.30 bits per heavy atom. The molecule has 0 saturated carbocycles. The predicted molar refractivity (Wildman–Crippen MR) is 92.3 cm³/mol. The van der Waals surface area contributed by atoms with Crippen LogP contribution in [-0.4, -0.2) is 40.3 Å². The third-order valence-corrected chi connectivity index (χ3v) is 4.29. The van der Waals surface area contributed by atoms with Gasteiger partial charge < -0.3 is 10.1 Å². The molecular formula is C16H26N2O4S. The zero-order valence-corrected chi connectivity index (χ0v) is 15.0. The SMILES string of the molecule is CCOc1ccccc1N(CC(=O)NCCC(C)C)S(C)(=O)=O. The molecule has 0 aromatic heterocycles. The van der Waals surface area contributed by atoms with E-state index in [-0.39, 0.29) is 12.5 Å². The summed E-state index contributed by atoms with van der Waals surface area (Å²) in [4.78, 5) is 12.1. The minimum atomic E-state index is -3.60. The molecule has 0 heterocycles. The first-order valence-electron chi connectivity index (χ1n) is 7.72. The molecule has 0 aliphatic carbocycles. The van der Waals surface area contributed by atoms with E-state index in [1.165, 1.54) is 0 Å². The lowest BCUT2D eigenvalue weighted by molar-refractivity contribution is -0.119. The van der Waals surface area contributed by atoms with Crippen LogP contribution in [0.25, 0.3) is 0 Å². The first-order valence-corrected chi connectivity index (χ1v) is 9.56. The average molecular weight is 342 g/mol. The highest BCUT2D eigenvalue weighted by molar-refractivity contribution is 7.92. The van der Waals surface area contributed by atoms with Crippen LogP contribution in [-0.2, 0) is 14.8 Å². The Hall–Kier alpha value is -1.76. The summed E-state index contributed by atoms with van der Waals surface area (Å²) in [6.07, 6.45) is 1.93. The van der Waals surface area contributed by atoms with E-state index in [9.17, 15) is 13.2 Å². The maximum atomic E-state index is 12.1. The normalized spacial score (nSPS) is 11.3. The van der Waals surface area contributed by atoms with Crippen LogP contribution >= 0.6 is 0 Å². The average Bonchev–Trinajstić information content (AvgIpc) is 2.44. The number of nitrogens with one attached hydrogen (secondary N) is 1. The Labute approximate surface area is 138 Å². The lowest BCUT2D eigenvalue weighted by Gasteiger charge is -2.24. The van der Waals surface area contributed by atoms with Crippen molar-refractivity contribution in [3.05, 3.63) is 24.3 Å². The second-order valence-electron chi connectivity index (χ2n) is 5.70. The summed E-state index contributed by atoms with van der Waals surface area (Å²) < 4.78 is 30.7. The molecule has 1 rings (SSSR count). The van der Waals surface area contributed by atoms with Gasteiger partial charge >= 0.3 is 0 Å². The van der Waals surface area contributed by atoms with Gasteiger partial charge in [-0.3, -0.25) is 9.10 Å². The van der Waals surface area contributed by atoms with Crippen molar-refractivity contribution in [1.29, 1.82) is 0 Å². The fourth-order valence-electron chi connectivity index (χ4n) is 2.01. The quantitative estimate of drug-likeness (QED) is 0.745. The molecule has 0 radical (unpaired) electrons. The second-order valence-corrected chi connectivity index (χ2v) is 7.61. The van der Waals surface area contributed by atoms with Gasteiger partial charge in [-0.2, -0.15) is 0 Å². The van der Waals surface area contributed by atoms with Gasteiger partial charge in [0.1, 0.15) is 12.3 Å². The number of amides is 1. The molecular weight excluding hydrogens is 316 g/mol. The van der Waals surface area contributed by atoms with Crippen molar-refractivity contribution in [2.45, 2.75) is 27.2 Å².